The van der Waals surface area contributed by atoms with Crippen molar-refractivity contribution in [1.29, 1.82) is 0 Å². The standard InChI is InChI=1S/C20H28N2O/c23-19(22-12-10-20(15-22)8-1-2-9-20)17-6-3-5-16(13-17)18-7-4-11-21-14-18/h3,5-6,13,18,21H,1-2,4,7-12,14-15H2. The second kappa shape index (κ2) is 6.27. The van der Waals surface area contributed by atoms with Crippen LogP contribution in [0.3, 0.4) is 0 Å². The zero-order chi connectivity index (χ0) is 15.7. The maximum Gasteiger partial charge on any atom is 0.253 e. The Balaban J connectivity index is 1.48. The van der Waals surface area contributed by atoms with Crippen molar-refractivity contribution in [2.45, 2.75) is 50.9 Å². The Bertz CT molecular complexity index is 571. The van der Waals surface area contributed by atoms with Gasteiger partial charge in [-0.1, -0.05) is 25.0 Å². The van der Waals surface area contributed by atoms with Gasteiger partial charge in [0.15, 0.2) is 0 Å². The van der Waals surface area contributed by atoms with E-state index in [9.17, 15) is 4.79 Å². The van der Waals surface area contributed by atoms with Crippen LogP contribution in [0.2, 0.25) is 0 Å². The zero-order valence-electron chi connectivity index (χ0n) is 14.0. The number of nitrogens with one attached hydrogen (secondary N) is 1. The number of nitrogens with zero attached hydrogens (tertiary/aromatic N) is 1. The summed E-state index contributed by atoms with van der Waals surface area (Å²) in [5, 5.41) is 3.47. The Labute approximate surface area is 139 Å². The highest BCUT2D eigenvalue weighted by Gasteiger charge is 2.41. The molecule has 0 aromatic heterocycles. The summed E-state index contributed by atoms with van der Waals surface area (Å²) in [6.45, 7) is 4.12. The van der Waals surface area contributed by atoms with E-state index in [1.807, 2.05) is 6.07 Å². The normalized spacial score (nSPS) is 26.8. The van der Waals surface area contributed by atoms with E-state index in [1.165, 1.54) is 50.5 Å². The van der Waals surface area contributed by atoms with Crippen molar-refractivity contribution in [3.8, 4) is 0 Å². The van der Waals surface area contributed by atoms with Crippen LogP contribution in [0.1, 0.15) is 66.8 Å². The van der Waals surface area contributed by atoms with Crippen LogP contribution in [-0.4, -0.2) is 37.0 Å². The lowest BCUT2D eigenvalue weighted by atomic mass is 9.86. The van der Waals surface area contributed by atoms with Crippen molar-refractivity contribution in [2.75, 3.05) is 26.2 Å². The summed E-state index contributed by atoms with van der Waals surface area (Å²) in [4.78, 5) is 15.0. The van der Waals surface area contributed by atoms with Crippen molar-refractivity contribution in [3.05, 3.63) is 35.4 Å². The summed E-state index contributed by atoms with van der Waals surface area (Å²) < 4.78 is 0. The number of likely N-dealkylation sites (tertiary alicyclic amines) is 1. The van der Waals surface area contributed by atoms with Gasteiger partial charge in [0, 0.05) is 25.2 Å². The van der Waals surface area contributed by atoms with Crippen LogP contribution in [0.25, 0.3) is 0 Å². The smallest absolute Gasteiger partial charge is 0.253 e. The summed E-state index contributed by atoms with van der Waals surface area (Å²) in [5.74, 6) is 0.815. The number of hydrogen-bond donors (Lipinski definition) is 1. The molecule has 1 saturated carbocycles. The molecular weight excluding hydrogens is 284 g/mol. The number of amides is 1. The number of piperidine rings is 1. The predicted molar refractivity (Wildman–Crippen MR) is 92.7 cm³/mol. The van der Waals surface area contributed by atoms with E-state index in [2.05, 4.69) is 28.4 Å². The topological polar surface area (TPSA) is 32.3 Å². The summed E-state index contributed by atoms with van der Waals surface area (Å²) >= 11 is 0. The van der Waals surface area contributed by atoms with Gasteiger partial charge in [0.05, 0.1) is 0 Å². The quantitative estimate of drug-likeness (QED) is 0.905. The van der Waals surface area contributed by atoms with Gasteiger partial charge < -0.3 is 10.2 Å². The first-order valence-electron chi connectivity index (χ1n) is 9.36. The van der Waals surface area contributed by atoms with E-state index < -0.39 is 0 Å². The van der Waals surface area contributed by atoms with E-state index in [0.29, 0.717) is 11.3 Å². The number of carbonyl (C=O) groups is 1. The molecule has 2 heterocycles. The number of rotatable bonds is 2. The van der Waals surface area contributed by atoms with Crippen molar-refractivity contribution in [1.82, 2.24) is 10.2 Å². The first kappa shape index (κ1) is 15.2. The van der Waals surface area contributed by atoms with E-state index in [-0.39, 0.29) is 5.91 Å². The molecule has 2 saturated heterocycles. The van der Waals surface area contributed by atoms with E-state index in [1.54, 1.807) is 0 Å². The molecule has 3 fully saturated rings. The van der Waals surface area contributed by atoms with Gasteiger partial charge in [-0.2, -0.15) is 0 Å². The molecule has 0 radical (unpaired) electrons. The number of hydrogen-bond acceptors (Lipinski definition) is 2. The van der Waals surface area contributed by atoms with Crippen LogP contribution in [0.5, 0.6) is 0 Å². The molecule has 1 amide bonds. The van der Waals surface area contributed by atoms with Gasteiger partial charge in [-0.3, -0.25) is 4.79 Å². The van der Waals surface area contributed by atoms with Crippen LogP contribution in [0.4, 0.5) is 0 Å². The van der Waals surface area contributed by atoms with Crippen molar-refractivity contribution >= 4 is 5.91 Å². The third-order valence-electron chi connectivity index (χ3n) is 6.29. The summed E-state index contributed by atoms with van der Waals surface area (Å²) in [6.07, 6.45) is 9.04. The van der Waals surface area contributed by atoms with Gasteiger partial charge in [0.25, 0.3) is 5.91 Å². The molecule has 0 bridgehead atoms. The van der Waals surface area contributed by atoms with Gasteiger partial charge in [-0.05, 0) is 67.7 Å². The summed E-state index contributed by atoms with van der Waals surface area (Å²) in [6, 6.07) is 8.41. The van der Waals surface area contributed by atoms with Gasteiger partial charge in [-0.25, -0.2) is 0 Å². The number of carbonyl (C=O) groups excluding carboxylic acids is 1. The minimum atomic E-state index is 0.249. The van der Waals surface area contributed by atoms with E-state index >= 15 is 0 Å². The van der Waals surface area contributed by atoms with Gasteiger partial charge in [0.1, 0.15) is 0 Å². The van der Waals surface area contributed by atoms with E-state index in [0.717, 1.165) is 31.7 Å². The zero-order valence-corrected chi connectivity index (χ0v) is 14.0. The molecule has 1 unspecified atom stereocenters. The highest BCUT2D eigenvalue weighted by Crippen LogP contribution is 2.45. The fourth-order valence-electron chi connectivity index (χ4n) is 4.89. The highest BCUT2D eigenvalue weighted by molar-refractivity contribution is 5.94. The Morgan fingerprint density at radius 2 is 2.04 bits per heavy atom. The second-order valence-corrected chi connectivity index (χ2v) is 7.85. The molecule has 3 nitrogen and oxygen atoms in total. The first-order chi connectivity index (χ1) is 11.3. The largest absolute Gasteiger partial charge is 0.338 e. The molecule has 1 spiro atoms. The van der Waals surface area contributed by atoms with Crippen molar-refractivity contribution < 1.29 is 4.79 Å². The van der Waals surface area contributed by atoms with Crippen LogP contribution < -0.4 is 5.32 Å². The molecule has 3 aliphatic rings. The molecule has 1 aromatic carbocycles. The molecule has 1 aliphatic carbocycles. The van der Waals surface area contributed by atoms with Gasteiger partial charge >= 0.3 is 0 Å². The Hall–Kier alpha value is -1.35. The number of benzene rings is 1. The molecule has 1 N–H and O–H groups in total. The first-order valence-corrected chi connectivity index (χ1v) is 9.36. The SMILES string of the molecule is O=C(c1cccc(C2CCCNC2)c1)N1CCC2(CCCC2)C1. The highest BCUT2D eigenvalue weighted by atomic mass is 16.2. The van der Waals surface area contributed by atoms with Crippen LogP contribution in [0, 0.1) is 5.41 Å². The molecule has 124 valence electrons. The van der Waals surface area contributed by atoms with Crippen LogP contribution >= 0.6 is 0 Å². The second-order valence-electron chi connectivity index (χ2n) is 7.85. The third-order valence-corrected chi connectivity index (χ3v) is 6.29. The van der Waals surface area contributed by atoms with E-state index in [4.69, 9.17) is 0 Å². The Morgan fingerprint density at radius 1 is 1.17 bits per heavy atom. The maximum atomic E-state index is 12.9. The fourth-order valence-corrected chi connectivity index (χ4v) is 4.89. The van der Waals surface area contributed by atoms with Gasteiger partial charge in [-0.15, -0.1) is 0 Å². The Morgan fingerprint density at radius 3 is 2.83 bits per heavy atom. The molecule has 4 rings (SSSR count). The maximum absolute atomic E-state index is 12.9. The lowest BCUT2D eigenvalue weighted by Gasteiger charge is -2.25. The minimum Gasteiger partial charge on any atom is -0.338 e. The Kier molecular flexibility index (Phi) is 4.14. The summed E-state index contributed by atoms with van der Waals surface area (Å²) in [7, 11) is 0. The predicted octanol–water partition coefficient (Wildman–Crippen LogP) is 3.56. The molecule has 3 heteroatoms. The van der Waals surface area contributed by atoms with Crippen molar-refractivity contribution in [2.24, 2.45) is 5.41 Å². The minimum absolute atomic E-state index is 0.249. The lowest BCUT2D eigenvalue weighted by molar-refractivity contribution is 0.0773. The third kappa shape index (κ3) is 3.03. The molecule has 1 atom stereocenters. The lowest BCUT2D eigenvalue weighted by Crippen LogP contribution is -2.31. The van der Waals surface area contributed by atoms with Crippen LogP contribution in [0.15, 0.2) is 24.3 Å². The summed E-state index contributed by atoms with van der Waals surface area (Å²) in [5.41, 5.74) is 2.68. The molecule has 23 heavy (non-hydrogen) atoms. The van der Waals surface area contributed by atoms with Crippen molar-refractivity contribution in [3.63, 3.8) is 0 Å². The molecule has 1 aromatic rings. The van der Waals surface area contributed by atoms with Crippen LogP contribution in [-0.2, 0) is 0 Å². The monoisotopic (exact) mass is 312 g/mol. The molecular formula is C20H28N2O. The van der Waals surface area contributed by atoms with Gasteiger partial charge in [0.2, 0.25) is 0 Å². The average molecular weight is 312 g/mol. The average Bonchev–Trinajstić information content (AvgIpc) is 3.25. The fraction of sp³-hybridized carbons (Fsp3) is 0.650. The molecule has 2 aliphatic heterocycles.